The largest absolute Gasteiger partial charge is 0.350 e. The fraction of sp³-hybridized carbons (Fsp3) is 0. The van der Waals surface area contributed by atoms with Crippen LogP contribution in [-0.4, -0.2) is 11.8 Å². The van der Waals surface area contributed by atoms with Crippen molar-refractivity contribution in [1.82, 2.24) is 0 Å². The van der Waals surface area contributed by atoms with E-state index in [-0.39, 0.29) is 11.6 Å². The number of carbonyl (C=O) groups excluding carboxylic acids is 2. The molecule has 0 fully saturated rings. The molecule has 5 nitrogen and oxygen atoms in total. The predicted octanol–water partition coefficient (Wildman–Crippen LogP) is 4.02. The summed E-state index contributed by atoms with van der Waals surface area (Å²) in [5, 5.41) is 13.9. The average molecular weight is 371 g/mol. The van der Waals surface area contributed by atoms with Crippen LogP contribution in [0.25, 0.3) is 5.57 Å². The number of nitrogens with zero attached hydrogens (tertiary/aromatic N) is 2. The van der Waals surface area contributed by atoms with E-state index in [4.69, 9.17) is 5.26 Å². The number of hydrogen-bond donors (Lipinski definition) is 1. The topological polar surface area (TPSA) is 73.2 Å². The number of thiophene rings is 1. The Bertz CT molecular complexity index is 1080. The molecule has 0 aliphatic carbocycles. The first-order valence-corrected chi connectivity index (χ1v) is 9.06. The highest BCUT2D eigenvalue weighted by atomic mass is 32.1. The summed E-state index contributed by atoms with van der Waals surface area (Å²) in [6.07, 6.45) is 0. The molecule has 1 aliphatic rings. The second kappa shape index (κ2) is 6.90. The molecule has 1 aromatic heterocycles. The Morgan fingerprint density at radius 2 is 1.63 bits per heavy atom. The molecule has 4 rings (SSSR count). The monoisotopic (exact) mass is 371 g/mol. The summed E-state index contributed by atoms with van der Waals surface area (Å²) >= 11 is 1.40. The van der Waals surface area contributed by atoms with Crippen molar-refractivity contribution in [3.05, 3.63) is 88.2 Å². The van der Waals surface area contributed by atoms with E-state index in [9.17, 15) is 9.59 Å². The summed E-state index contributed by atoms with van der Waals surface area (Å²) in [5.74, 6) is -0.803. The molecule has 0 unspecified atom stereocenters. The second-order valence-corrected chi connectivity index (χ2v) is 6.77. The van der Waals surface area contributed by atoms with Crippen LogP contribution in [0.3, 0.4) is 0 Å². The summed E-state index contributed by atoms with van der Waals surface area (Å²) in [7, 11) is 0. The molecule has 1 aliphatic heterocycles. The van der Waals surface area contributed by atoms with Gasteiger partial charge >= 0.3 is 0 Å². The zero-order valence-corrected chi connectivity index (χ0v) is 14.9. The summed E-state index contributed by atoms with van der Waals surface area (Å²) in [5.41, 5.74) is 2.22. The number of rotatable bonds is 4. The number of anilines is 2. The third-order valence-electron chi connectivity index (χ3n) is 4.15. The van der Waals surface area contributed by atoms with Gasteiger partial charge in [0.15, 0.2) is 0 Å². The van der Waals surface area contributed by atoms with Gasteiger partial charge in [0.2, 0.25) is 0 Å². The molecule has 2 heterocycles. The summed E-state index contributed by atoms with van der Waals surface area (Å²) in [6.45, 7) is 0. The van der Waals surface area contributed by atoms with Crippen LogP contribution in [0.4, 0.5) is 11.4 Å². The fourth-order valence-electron chi connectivity index (χ4n) is 2.88. The highest BCUT2D eigenvalue weighted by molar-refractivity contribution is 7.11. The first kappa shape index (κ1) is 16.8. The number of amides is 2. The number of hydrogen-bond acceptors (Lipinski definition) is 5. The van der Waals surface area contributed by atoms with Crippen molar-refractivity contribution in [2.24, 2.45) is 0 Å². The summed E-state index contributed by atoms with van der Waals surface area (Å²) < 4.78 is 0. The smallest absolute Gasteiger partial charge is 0.282 e. The van der Waals surface area contributed by atoms with Gasteiger partial charge in [0, 0.05) is 10.6 Å². The van der Waals surface area contributed by atoms with Gasteiger partial charge in [-0.25, -0.2) is 4.90 Å². The van der Waals surface area contributed by atoms with Crippen molar-refractivity contribution in [3.63, 3.8) is 0 Å². The van der Waals surface area contributed by atoms with Crippen molar-refractivity contribution in [2.45, 2.75) is 0 Å². The van der Waals surface area contributed by atoms with Gasteiger partial charge in [0.1, 0.15) is 5.70 Å². The van der Waals surface area contributed by atoms with E-state index in [2.05, 4.69) is 5.32 Å². The number of nitriles is 1. The van der Waals surface area contributed by atoms with Crippen LogP contribution in [0.5, 0.6) is 0 Å². The first-order chi connectivity index (χ1) is 13.2. The maximum atomic E-state index is 13.1. The molecule has 27 heavy (non-hydrogen) atoms. The third kappa shape index (κ3) is 3.01. The molecule has 0 saturated heterocycles. The quantitative estimate of drug-likeness (QED) is 0.703. The summed E-state index contributed by atoms with van der Waals surface area (Å²) in [6, 6.07) is 21.3. The van der Waals surface area contributed by atoms with E-state index in [1.54, 1.807) is 24.3 Å². The maximum Gasteiger partial charge on any atom is 0.282 e. The van der Waals surface area contributed by atoms with Gasteiger partial charge in [0.05, 0.1) is 22.9 Å². The highest BCUT2D eigenvalue weighted by Crippen LogP contribution is 2.35. The van der Waals surface area contributed by atoms with Gasteiger partial charge in [-0.15, -0.1) is 11.3 Å². The Morgan fingerprint density at radius 3 is 2.26 bits per heavy atom. The molecule has 3 aromatic rings. The highest BCUT2D eigenvalue weighted by Gasteiger charge is 2.40. The van der Waals surface area contributed by atoms with E-state index in [1.807, 2.05) is 53.9 Å². The Balaban J connectivity index is 1.78. The van der Waals surface area contributed by atoms with Crippen LogP contribution in [0.2, 0.25) is 0 Å². The standard InChI is InChI=1S/C21H13N3O2S/c22-13-14-8-10-16(11-9-14)24-20(25)18(17-7-4-12-27-17)19(21(24)26)23-15-5-2-1-3-6-15/h1-12,23H. The maximum absolute atomic E-state index is 13.1. The lowest BCUT2D eigenvalue weighted by atomic mass is 10.2. The van der Waals surface area contributed by atoms with Gasteiger partial charge < -0.3 is 5.32 Å². The minimum Gasteiger partial charge on any atom is -0.350 e. The molecule has 0 radical (unpaired) electrons. The van der Waals surface area contributed by atoms with Gasteiger partial charge in [-0.1, -0.05) is 24.3 Å². The molecular formula is C21H13N3O2S. The second-order valence-electron chi connectivity index (χ2n) is 5.82. The van der Waals surface area contributed by atoms with E-state index < -0.39 is 5.91 Å². The number of nitrogens with one attached hydrogen (secondary N) is 1. The molecule has 0 bridgehead atoms. The summed E-state index contributed by atoms with van der Waals surface area (Å²) in [4.78, 5) is 28.1. The van der Waals surface area contributed by atoms with E-state index in [0.29, 0.717) is 16.8 Å². The molecule has 2 aromatic carbocycles. The van der Waals surface area contributed by atoms with Crippen molar-refractivity contribution < 1.29 is 9.59 Å². The van der Waals surface area contributed by atoms with E-state index in [1.165, 1.54) is 11.3 Å². The fourth-order valence-corrected chi connectivity index (χ4v) is 3.65. The van der Waals surface area contributed by atoms with Crippen LogP contribution >= 0.6 is 11.3 Å². The van der Waals surface area contributed by atoms with Gasteiger partial charge in [-0.2, -0.15) is 5.26 Å². The first-order valence-electron chi connectivity index (χ1n) is 8.18. The van der Waals surface area contributed by atoms with Gasteiger partial charge in [-0.05, 0) is 47.8 Å². The lowest BCUT2D eigenvalue weighted by Crippen LogP contribution is -2.32. The van der Waals surface area contributed by atoms with Crippen LogP contribution in [-0.2, 0) is 9.59 Å². The number of carbonyl (C=O) groups is 2. The number of imide groups is 1. The molecule has 0 spiro atoms. The van der Waals surface area contributed by atoms with Crippen LogP contribution in [0.15, 0.2) is 77.8 Å². The van der Waals surface area contributed by atoms with Crippen molar-refractivity contribution in [2.75, 3.05) is 10.2 Å². The molecule has 130 valence electrons. The molecule has 0 atom stereocenters. The molecule has 6 heteroatoms. The minimum atomic E-state index is -0.419. The Morgan fingerprint density at radius 1 is 0.889 bits per heavy atom. The minimum absolute atomic E-state index is 0.248. The van der Waals surface area contributed by atoms with Crippen molar-refractivity contribution in [3.8, 4) is 6.07 Å². The SMILES string of the molecule is N#Cc1ccc(N2C(=O)C(Nc3ccccc3)=C(c3cccs3)C2=O)cc1. The third-order valence-corrected chi connectivity index (χ3v) is 5.04. The van der Waals surface area contributed by atoms with Crippen molar-refractivity contribution >= 4 is 40.1 Å². The molecular weight excluding hydrogens is 358 g/mol. The average Bonchev–Trinajstić information content (AvgIpc) is 3.30. The lowest BCUT2D eigenvalue weighted by molar-refractivity contribution is -0.120. The van der Waals surface area contributed by atoms with Crippen LogP contribution in [0, 0.1) is 11.3 Å². The zero-order valence-electron chi connectivity index (χ0n) is 14.0. The van der Waals surface area contributed by atoms with Gasteiger partial charge in [0.25, 0.3) is 11.8 Å². The van der Waals surface area contributed by atoms with E-state index >= 15 is 0 Å². The number of para-hydroxylation sites is 1. The van der Waals surface area contributed by atoms with Gasteiger partial charge in [-0.3, -0.25) is 9.59 Å². The van der Waals surface area contributed by atoms with Crippen molar-refractivity contribution in [1.29, 1.82) is 5.26 Å². The van der Waals surface area contributed by atoms with Crippen LogP contribution < -0.4 is 10.2 Å². The van der Waals surface area contributed by atoms with Crippen LogP contribution in [0.1, 0.15) is 10.4 Å². The Kier molecular flexibility index (Phi) is 4.29. The Labute approximate surface area is 159 Å². The van der Waals surface area contributed by atoms with E-state index in [0.717, 1.165) is 15.5 Å². The Hall–Kier alpha value is -3.69. The zero-order chi connectivity index (χ0) is 18.8. The molecule has 2 amide bonds. The molecule has 0 saturated carbocycles. The number of benzene rings is 2. The normalized spacial score (nSPS) is 13.8. The lowest BCUT2D eigenvalue weighted by Gasteiger charge is -2.15. The molecule has 1 N–H and O–H groups in total. The predicted molar refractivity (Wildman–Crippen MR) is 105 cm³/mol.